The van der Waals surface area contributed by atoms with Crippen molar-refractivity contribution in [2.45, 2.75) is 56.9 Å². The Morgan fingerprint density at radius 3 is 2.47 bits per heavy atom. The van der Waals surface area contributed by atoms with Gasteiger partial charge in [-0.15, -0.1) is 0 Å². The van der Waals surface area contributed by atoms with E-state index in [1.807, 2.05) is 4.90 Å². The van der Waals surface area contributed by atoms with Crippen molar-refractivity contribution in [2.24, 2.45) is 0 Å². The highest BCUT2D eigenvalue weighted by molar-refractivity contribution is 5.78. The smallest absolute Gasteiger partial charge is 0.223 e. The van der Waals surface area contributed by atoms with Crippen molar-refractivity contribution >= 4 is 5.91 Å². The van der Waals surface area contributed by atoms with E-state index in [1.54, 1.807) is 0 Å². The monoisotopic (exact) mass is 206 g/mol. The highest BCUT2D eigenvalue weighted by atomic mass is 16.2. The molecule has 1 saturated carbocycles. The molecule has 0 radical (unpaired) electrons. The predicted molar refractivity (Wildman–Crippen MR) is 57.0 cm³/mol. The number of nitrogens with zero attached hydrogens (tertiary/aromatic N) is 2. The molecule has 1 saturated heterocycles. The topological polar surface area (TPSA) is 44.1 Å². The highest BCUT2D eigenvalue weighted by Gasteiger charge is 2.41. The zero-order valence-electron chi connectivity index (χ0n) is 9.17. The maximum atomic E-state index is 11.8. The number of likely N-dealkylation sites (tertiary alicyclic amines) is 1. The molecule has 82 valence electrons. The summed E-state index contributed by atoms with van der Waals surface area (Å²) in [6.07, 6.45) is 7.88. The molecular weight excluding hydrogens is 188 g/mol. The third-order valence-electron chi connectivity index (χ3n) is 3.73. The van der Waals surface area contributed by atoms with Gasteiger partial charge in [-0.05, 0) is 25.7 Å². The van der Waals surface area contributed by atoms with E-state index in [4.69, 9.17) is 0 Å². The second-order valence-corrected chi connectivity index (χ2v) is 4.71. The van der Waals surface area contributed by atoms with Crippen LogP contribution >= 0.6 is 0 Å². The predicted octanol–water partition coefficient (Wildman–Crippen LogP) is 2.23. The Morgan fingerprint density at radius 1 is 1.13 bits per heavy atom. The molecule has 0 aromatic carbocycles. The molecule has 0 aromatic rings. The quantitative estimate of drug-likeness (QED) is 0.660. The van der Waals surface area contributed by atoms with Gasteiger partial charge in [0.2, 0.25) is 5.91 Å². The van der Waals surface area contributed by atoms with Gasteiger partial charge in [-0.1, -0.05) is 19.3 Å². The summed E-state index contributed by atoms with van der Waals surface area (Å²) >= 11 is 0. The molecule has 0 N–H and O–H groups in total. The molecule has 1 aliphatic heterocycles. The van der Waals surface area contributed by atoms with Crippen LogP contribution < -0.4 is 0 Å². The first-order valence-corrected chi connectivity index (χ1v) is 6.00. The van der Waals surface area contributed by atoms with Crippen LogP contribution in [0.25, 0.3) is 0 Å². The summed E-state index contributed by atoms with van der Waals surface area (Å²) in [6.45, 7) is 0.798. The van der Waals surface area contributed by atoms with Gasteiger partial charge < -0.3 is 4.90 Å². The standard InChI is InChI=1S/C12H18N2O/c13-10-12(7-3-1-4-8-12)14-9-5-2-6-11(14)15/h1-9H2. The molecule has 0 unspecified atom stereocenters. The zero-order valence-corrected chi connectivity index (χ0v) is 9.17. The molecule has 2 fully saturated rings. The summed E-state index contributed by atoms with van der Waals surface area (Å²) in [4.78, 5) is 13.7. The maximum Gasteiger partial charge on any atom is 0.223 e. The molecule has 1 heterocycles. The average molecular weight is 206 g/mol. The summed E-state index contributed by atoms with van der Waals surface area (Å²) in [5.41, 5.74) is -0.449. The van der Waals surface area contributed by atoms with Crippen molar-refractivity contribution in [3.63, 3.8) is 0 Å². The van der Waals surface area contributed by atoms with Crippen molar-refractivity contribution < 1.29 is 4.79 Å². The van der Waals surface area contributed by atoms with Crippen molar-refractivity contribution in [1.29, 1.82) is 5.26 Å². The van der Waals surface area contributed by atoms with Crippen LogP contribution in [0.15, 0.2) is 0 Å². The van der Waals surface area contributed by atoms with E-state index in [1.165, 1.54) is 6.42 Å². The van der Waals surface area contributed by atoms with E-state index in [0.717, 1.165) is 45.1 Å². The first-order valence-electron chi connectivity index (χ1n) is 6.00. The molecule has 0 aromatic heterocycles. The summed E-state index contributed by atoms with van der Waals surface area (Å²) in [6, 6.07) is 2.42. The molecule has 0 bridgehead atoms. The van der Waals surface area contributed by atoms with Gasteiger partial charge in [0.1, 0.15) is 5.54 Å². The van der Waals surface area contributed by atoms with Crippen LogP contribution in [0.1, 0.15) is 51.4 Å². The number of piperidine rings is 1. The fraction of sp³-hybridized carbons (Fsp3) is 0.833. The number of hydrogen-bond acceptors (Lipinski definition) is 2. The molecule has 3 heteroatoms. The molecule has 3 nitrogen and oxygen atoms in total. The maximum absolute atomic E-state index is 11.8. The first-order chi connectivity index (χ1) is 7.28. The third-order valence-corrected chi connectivity index (χ3v) is 3.73. The average Bonchev–Trinajstić information content (AvgIpc) is 2.30. The van der Waals surface area contributed by atoms with Crippen molar-refractivity contribution in [3.8, 4) is 6.07 Å². The number of carbonyl (C=O) groups is 1. The zero-order chi connectivity index (χ0) is 10.7. The lowest BCUT2D eigenvalue weighted by Gasteiger charge is -2.43. The van der Waals surface area contributed by atoms with E-state index in [9.17, 15) is 10.1 Å². The van der Waals surface area contributed by atoms with Crippen LogP contribution in [-0.2, 0) is 4.79 Å². The van der Waals surface area contributed by atoms with Crippen molar-refractivity contribution in [2.75, 3.05) is 6.54 Å². The van der Waals surface area contributed by atoms with Gasteiger partial charge >= 0.3 is 0 Å². The number of rotatable bonds is 1. The summed E-state index contributed by atoms with van der Waals surface area (Å²) in [5, 5.41) is 9.37. The van der Waals surface area contributed by atoms with E-state index in [-0.39, 0.29) is 5.91 Å². The molecule has 2 rings (SSSR count). The Labute approximate surface area is 91.1 Å². The molecule has 1 aliphatic carbocycles. The van der Waals surface area contributed by atoms with Crippen molar-refractivity contribution in [1.82, 2.24) is 4.90 Å². The van der Waals surface area contributed by atoms with Gasteiger partial charge in [0, 0.05) is 13.0 Å². The van der Waals surface area contributed by atoms with Gasteiger partial charge in [-0.3, -0.25) is 4.79 Å². The molecule has 0 spiro atoms. The molecule has 15 heavy (non-hydrogen) atoms. The lowest BCUT2D eigenvalue weighted by atomic mass is 9.80. The number of carbonyl (C=O) groups excluding carboxylic acids is 1. The highest BCUT2D eigenvalue weighted by Crippen LogP contribution is 2.35. The SMILES string of the molecule is N#CC1(N2CCCCC2=O)CCCCC1. The van der Waals surface area contributed by atoms with Crippen LogP contribution in [0.4, 0.5) is 0 Å². The lowest BCUT2D eigenvalue weighted by Crippen LogP contribution is -2.53. The second kappa shape index (κ2) is 4.22. The minimum atomic E-state index is -0.449. The largest absolute Gasteiger partial charge is 0.324 e. The molecule has 2 aliphatic rings. The Hall–Kier alpha value is -1.04. The van der Waals surface area contributed by atoms with Gasteiger partial charge in [-0.2, -0.15) is 5.26 Å². The fourth-order valence-corrected chi connectivity index (χ4v) is 2.84. The minimum absolute atomic E-state index is 0.199. The van der Waals surface area contributed by atoms with Crippen LogP contribution in [0, 0.1) is 11.3 Å². The van der Waals surface area contributed by atoms with Crippen LogP contribution in [0.2, 0.25) is 0 Å². The van der Waals surface area contributed by atoms with Gasteiger partial charge in [0.25, 0.3) is 0 Å². The fourth-order valence-electron chi connectivity index (χ4n) is 2.84. The third kappa shape index (κ3) is 1.86. The first kappa shape index (κ1) is 10.5. The van der Waals surface area contributed by atoms with E-state index in [0.29, 0.717) is 6.42 Å². The van der Waals surface area contributed by atoms with Gasteiger partial charge in [0.15, 0.2) is 0 Å². The number of hydrogen-bond donors (Lipinski definition) is 0. The Kier molecular flexibility index (Phi) is 2.95. The summed E-state index contributed by atoms with van der Waals surface area (Å²) < 4.78 is 0. The number of nitriles is 1. The van der Waals surface area contributed by atoms with Gasteiger partial charge in [-0.25, -0.2) is 0 Å². The van der Waals surface area contributed by atoms with Crippen LogP contribution in [-0.4, -0.2) is 22.9 Å². The number of amides is 1. The second-order valence-electron chi connectivity index (χ2n) is 4.71. The van der Waals surface area contributed by atoms with Crippen LogP contribution in [0.5, 0.6) is 0 Å². The van der Waals surface area contributed by atoms with E-state index < -0.39 is 5.54 Å². The molecule has 1 amide bonds. The van der Waals surface area contributed by atoms with Crippen LogP contribution in [0.3, 0.4) is 0 Å². The van der Waals surface area contributed by atoms with Crippen molar-refractivity contribution in [3.05, 3.63) is 0 Å². The molecule has 0 atom stereocenters. The minimum Gasteiger partial charge on any atom is -0.324 e. The van der Waals surface area contributed by atoms with E-state index in [2.05, 4.69) is 6.07 Å². The Morgan fingerprint density at radius 2 is 1.87 bits per heavy atom. The Balaban J connectivity index is 2.17. The Bertz CT molecular complexity index is 286. The normalized spacial score (nSPS) is 26.1. The van der Waals surface area contributed by atoms with E-state index >= 15 is 0 Å². The molecular formula is C12H18N2O. The lowest BCUT2D eigenvalue weighted by molar-refractivity contribution is -0.139. The summed E-state index contributed by atoms with van der Waals surface area (Å²) in [7, 11) is 0. The van der Waals surface area contributed by atoms with Gasteiger partial charge in [0.05, 0.1) is 6.07 Å². The summed E-state index contributed by atoms with van der Waals surface area (Å²) in [5.74, 6) is 0.199.